The second kappa shape index (κ2) is 9.61. The Morgan fingerprint density at radius 1 is 1.33 bits per heavy atom. The van der Waals surface area contributed by atoms with Crippen LogP contribution in [0.3, 0.4) is 0 Å². The number of nitrogens with one attached hydrogen (secondary N) is 1. The molecule has 1 amide bonds. The number of benzene rings is 1. The maximum Gasteiger partial charge on any atom is 0.243 e. The molecule has 1 aromatic rings. The second-order valence-electron chi connectivity index (χ2n) is 5.22. The van der Waals surface area contributed by atoms with E-state index < -0.39 is 15.9 Å². The molecule has 0 saturated heterocycles. The number of hydrogen-bond acceptors (Lipinski definition) is 5. The third-order valence-electron chi connectivity index (χ3n) is 3.41. The zero-order valence-corrected chi connectivity index (χ0v) is 15.2. The van der Waals surface area contributed by atoms with Crippen LogP contribution < -0.4 is 10.1 Å². The molecule has 0 radical (unpaired) electrons. The monoisotopic (exact) mass is 358 g/mol. The number of carbonyl (C=O) groups is 1. The Morgan fingerprint density at radius 2 is 2.04 bits per heavy atom. The van der Waals surface area contributed by atoms with E-state index in [9.17, 15) is 13.2 Å². The van der Waals surface area contributed by atoms with Crippen molar-refractivity contribution in [3.63, 3.8) is 0 Å². The molecule has 7 nitrogen and oxygen atoms in total. The molecule has 0 atom stereocenters. The van der Waals surface area contributed by atoms with Crippen molar-refractivity contribution in [2.75, 3.05) is 32.8 Å². The average Bonchev–Trinajstić information content (AvgIpc) is 2.54. The van der Waals surface area contributed by atoms with Crippen LogP contribution in [0, 0.1) is 6.92 Å². The second-order valence-corrected chi connectivity index (χ2v) is 7.16. The summed E-state index contributed by atoms with van der Waals surface area (Å²) in [4.78, 5) is 12.0. The van der Waals surface area contributed by atoms with Gasteiger partial charge >= 0.3 is 0 Å². The summed E-state index contributed by atoms with van der Waals surface area (Å²) >= 11 is 0. The number of aliphatic hydroxyl groups is 1. The molecule has 0 bridgehead atoms. The van der Waals surface area contributed by atoms with Gasteiger partial charge in [0.15, 0.2) is 0 Å². The lowest BCUT2D eigenvalue weighted by Gasteiger charge is -2.20. The number of likely N-dealkylation sites (N-methyl/N-ethyl adjacent to an activating group) is 1. The average molecular weight is 358 g/mol. The molecule has 2 N–H and O–H groups in total. The van der Waals surface area contributed by atoms with Crippen molar-refractivity contribution in [1.82, 2.24) is 9.62 Å². The highest BCUT2D eigenvalue weighted by atomic mass is 32.2. The van der Waals surface area contributed by atoms with Crippen molar-refractivity contribution in [1.29, 1.82) is 0 Å². The van der Waals surface area contributed by atoms with Gasteiger partial charge in [-0.05, 0) is 44.0 Å². The topological polar surface area (TPSA) is 95.9 Å². The molecule has 1 rings (SSSR count). The Balaban J connectivity index is 2.91. The first-order valence-electron chi connectivity index (χ1n) is 7.97. The molecule has 0 spiro atoms. The van der Waals surface area contributed by atoms with E-state index in [-0.39, 0.29) is 24.6 Å². The number of sulfonamides is 1. The lowest BCUT2D eigenvalue weighted by Crippen LogP contribution is -2.40. The smallest absolute Gasteiger partial charge is 0.243 e. The van der Waals surface area contributed by atoms with E-state index in [1.54, 1.807) is 26.0 Å². The number of aliphatic hydroxyl groups excluding tert-OH is 1. The summed E-state index contributed by atoms with van der Waals surface area (Å²) < 4.78 is 32.0. The van der Waals surface area contributed by atoms with Gasteiger partial charge in [0.25, 0.3) is 0 Å². The number of nitrogens with zero attached hydrogens (tertiary/aromatic N) is 1. The standard InChI is InChI=1S/C16H26N2O5S/c1-4-18(12-16(20)17-9-6-10-19)24(21,22)14-7-8-15(23-5-2)13(3)11-14/h7-8,11,19H,4-6,9-10,12H2,1-3H3,(H,17,20). The van der Waals surface area contributed by atoms with Crippen LogP contribution in [0.15, 0.2) is 23.1 Å². The van der Waals surface area contributed by atoms with E-state index in [0.717, 1.165) is 9.87 Å². The first-order chi connectivity index (χ1) is 11.4. The summed E-state index contributed by atoms with van der Waals surface area (Å²) in [5.74, 6) is 0.248. The van der Waals surface area contributed by atoms with E-state index in [2.05, 4.69) is 5.32 Å². The highest BCUT2D eigenvalue weighted by Crippen LogP contribution is 2.24. The zero-order valence-electron chi connectivity index (χ0n) is 14.4. The molecule has 0 aliphatic heterocycles. The third kappa shape index (κ3) is 5.47. The summed E-state index contributed by atoms with van der Waals surface area (Å²) in [6.45, 7) is 6.04. The molecule has 8 heteroatoms. The van der Waals surface area contributed by atoms with Gasteiger partial charge in [-0.3, -0.25) is 4.79 Å². The van der Waals surface area contributed by atoms with Gasteiger partial charge in [-0.15, -0.1) is 0 Å². The van der Waals surface area contributed by atoms with Gasteiger partial charge < -0.3 is 15.2 Å². The highest BCUT2D eigenvalue weighted by Gasteiger charge is 2.25. The lowest BCUT2D eigenvalue weighted by atomic mass is 10.2. The van der Waals surface area contributed by atoms with Crippen LogP contribution in [-0.4, -0.2) is 56.6 Å². The molecular weight excluding hydrogens is 332 g/mol. The Labute approximate surface area is 143 Å². The van der Waals surface area contributed by atoms with Gasteiger partial charge in [0.1, 0.15) is 5.75 Å². The predicted molar refractivity (Wildman–Crippen MR) is 91.5 cm³/mol. The Kier molecular flexibility index (Phi) is 8.17. The van der Waals surface area contributed by atoms with Gasteiger partial charge in [-0.2, -0.15) is 4.31 Å². The first kappa shape index (κ1) is 20.4. The quantitative estimate of drug-likeness (QED) is 0.606. The molecule has 0 saturated carbocycles. The van der Waals surface area contributed by atoms with Crippen LogP contribution in [-0.2, 0) is 14.8 Å². The number of aryl methyl sites for hydroxylation is 1. The normalized spacial score (nSPS) is 11.5. The summed E-state index contributed by atoms with van der Waals surface area (Å²) in [7, 11) is -3.76. The highest BCUT2D eigenvalue weighted by molar-refractivity contribution is 7.89. The number of ether oxygens (including phenoxy) is 1. The molecule has 0 aromatic heterocycles. The van der Waals surface area contributed by atoms with Crippen molar-refractivity contribution >= 4 is 15.9 Å². The van der Waals surface area contributed by atoms with Gasteiger partial charge in [-0.25, -0.2) is 8.42 Å². The lowest BCUT2D eigenvalue weighted by molar-refractivity contribution is -0.121. The van der Waals surface area contributed by atoms with Crippen molar-refractivity contribution in [2.45, 2.75) is 32.1 Å². The minimum absolute atomic E-state index is 0.0263. The fourth-order valence-corrected chi connectivity index (χ4v) is 3.63. The van der Waals surface area contributed by atoms with Crippen LogP contribution >= 0.6 is 0 Å². The number of rotatable bonds is 10. The number of carbonyl (C=O) groups excluding carboxylic acids is 1. The van der Waals surface area contributed by atoms with Crippen molar-refractivity contribution in [3.05, 3.63) is 23.8 Å². The molecule has 0 aliphatic carbocycles. The summed E-state index contributed by atoms with van der Waals surface area (Å²) in [5, 5.41) is 11.3. The first-order valence-corrected chi connectivity index (χ1v) is 9.42. The fourth-order valence-electron chi connectivity index (χ4n) is 2.14. The van der Waals surface area contributed by atoms with E-state index in [1.807, 2.05) is 6.92 Å². The number of amides is 1. The van der Waals surface area contributed by atoms with Crippen LogP contribution in [0.5, 0.6) is 5.75 Å². The van der Waals surface area contributed by atoms with Gasteiger partial charge in [0.05, 0.1) is 18.0 Å². The van der Waals surface area contributed by atoms with E-state index in [1.165, 1.54) is 6.07 Å². The molecule has 0 fully saturated rings. The molecule has 1 aromatic carbocycles. The molecule has 24 heavy (non-hydrogen) atoms. The van der Waals surface area contributed by atoms with Crippen LogP contribution in [0.1, 0.15) is 25.8 Å². The van der Waals surface area contributed by atoms with Gasteiger partial charge in [0, 0.05) is 19.7 Å². The third-order valence-corrected chi connectivity index (χ3v) is 5.33. The zero-order chi connectivity index (χ0) is 18.2. The fraction of sp³-hybridized carbons (Fsp3) is 0.562. The summed E-state index contributed by atoms with van der Waals surface area (Å²) in [6.07, 6.45) is 0.433. The Bertz CT molecular complexity index is 646. The molecule has 0 aliphatic rings. The Morgan fingerprint density at radius 3 is 2.58 bits per heavy atom. The molecule has 136 valence electrons. The molecule has 0 heterocycles. The van der Waals surface area contributed by atoms with Crippen molar-refractivity contribution in [2.24, 2.45) is 0 Å². The minimum Gasteiger partial charge on any atom is -0.494 e. The maximum atomic E-state index is 12.7. The molecule has 0 unspecified atom stereocenters. The minimum atomic E-state index is -3.76. The Hall–Kier alpha value is -1.64. The van der Waals surface area contributed by atoms with Gasteiger partial charge in [-0.1, -0.05) is 6.92 Å². The number of hydrogen-bond donors (Lipinski definition) is 2. The predicted octanol–water partition coefficient (Wildman–Crippen LogP) is 0.903. The van der Waals surface area contributed by atoms with Crippen LogP contribution in [0.4, 0.5) is 0 Å². The van der Waals surface area contributed by atoms with Crippen molar-refractivity contribution in [3.8, 4) is 5.75 Å². The van der Waals surface area contributed by atoms with E-state index >= 15 is 0 Å². The largest absolute Gasteiger partial charge is 0.494 e. The van der Waals surface area contributed by atoms with Gasteiger partial charge in [0.2, 0.25) is 15.9 Å². The van der Waals surface area contributed by atoms with Crippen molar-refractivity contribution < 1.29 is 23.1 Å². The van der Waals surface area contributed by atoms with E-state index in [0.29, 0.717) is 25.3 Å². The maximum absolute atomic E-state index is 12.7. The molecular formula is C16H26N2O5S. The van der Waals surface area contributed by atoms with Crippen LogP contribution in [0.2, 0.25) is 0 Å². The summed E-state index contributed by atoms with van der Waals surface area (Å²) in [5.41, 5.74) is 0.723. The van der Waals surface area contributed by atoms with Crippen LogP contribution in [0.25, 0.3) is 0 Å². The van der Waals surface area contributed by atoms with E-state index in [4.69, 9.17) is 9.84 Å². The summed E-state index contributed by atoms with van der Waals surface area (Å²) in [6, 6.07) is 4.66. The SMILES string of the molecule is CCOc1ccc(S(=O)(=O)N(CC)CC(=O)NCCCO)cc1C.